The topological polar surface area (TPSA) is 55.8 Å². The van der Waals surface area contributed by atoms with Gasteiger partial charge in [0.25, 0.3) is 11.1 Å². The summed E-state index contributed by atoms with van der Waals surface area (Å²) in [6.07, 6.45) is 3.36. The highest BCUT2D eigenvalue weighted by atomic mass is 32.2. The number of rotatable bonds is 8. The van der Waals surface area contributed by atoms with Crippen molar-refractivity contribution >= 4 is 29.0 Å². The third-order valence-electron chi connectivity index (χ3n) is 4.44. The molecule has 1 saturated heterocycles. The fourth-order valence-corrected chi connectivity index (χ4v) is 3.69. The van der Waals surface area contributed by atoms with Crippen LogP contribution in [0.1, 0.15) is 30.9 Å². The molecule has 2 amide bonds. The summed E-state index contributed by atoms with van der Waals surface area (Å²) >= 11 is 0.939. The van der Waals surface area contributed by atoms with Gasteiger partial charge in [0, 0.05) is 12.1 Å². The van der Waals surface area contributed by atoms with Crippen LogP contribution in [0.15, 0.2) is 47.4 Å². The van der Waals surface area contributed by atoms with Crippen molar-refractivity contribution in [1.29, 1.82) is 0 Å². The van der Waals surface area contributed by atoms with Gasteiger partial charge in [-0.15, -0.1) is 0 Å². The molecule has 2 aromatic rings. The molecule has 0 aromatic heterocycles. The van der Waals surface area contributed by atoms with Crippen LogP contribution in [0.3, 0.4) is 0 Å². The van der Waals surface area contributed by atoms with E-state index in [0.717, 1.165) is 24.6 Å². The number of ether oxygens (including phenoxy) is 2. The number of nitrogens with zero attached hydrogens (tertiary/aromatic N) is 1. The third kappa shape index (κ3) is 4.98. The van der Waals surface area contributed by atoms with E-state index in [1.807, 2.05) is 6.92 Å². The molecule has 1 fully saturated rings. The predicted molar refractivity (Wildman–Crippen MR) is 111 cm³/mol. The van der Waals surface area contributed by atoms with Gasteiger partial charge >= 0.3 is 0 Å². The molecule has 1 aliphatic rings. The first-order chi connectivity index (χ1) is 14.0. The highest BCUT2D eigenvalue weighted by Crippen LogP contribution is 2.35. The van der Waals surface area contributed by atoms with Gasteiger partial charge in [0.05, 0.1) is 12.0 Å². The first-order valence-corrected chi connectivity index (χ1v) is 10.1. The van der Waals surface area contributed by atoms with Gasteiger partial charge in [0.1, 0.15) is 12.4 Å². The van der Waals surface area contributed by atoms with Crippen LogP contribution in [0.4, 0.5) is 9.18 Å². The van der Waals surface area contributed by atoms with Crippen molar-refractivity contribution in [1.82, 2.24) is 4.90 Å². The Labute approximate surface area is 173 Å². The molecule has 3 rings (SSSR count). The number of halogens is 1. The van der Waals surface area contributed by atoms with Gasteiger partial charge in [-0.05, 0) is 48.0 Å². The molecule has 29 heavy (non-hydrogen) atoms. The van der Waals surface area contributed by atoms with E-state index < -0.39 is 0 Å². The molecule has 0 radical (unpaired) electrons. The third-order valence-corrected chi connectivity index (χ3v) is 5.34. The minimum Gasteiger partial charge on any atom is -0.493 e. The molecule has 0 saturated carbocycles. The van der Waals surface area contributed by atoms with E-state index in [1.165, 1.54) is 18.1 Å². The maximum atomic E-state index is 13.8. The van der Waals surface area contributed by atoms with Crippen molar-refractivity contribution in [2.24, 2.45) is 0 Å². The maximum Gasteiger partial charge on any atom is 0.293 e. The van der Waals surface area contributed by atoms with Crippen molar-refractivity contribution in [2.45, 2.75) is 26.4 Å². The predicted octanol–water partition coefficient (Wildman–Crippen LogP) is 5.25. The van der Waals surface area contributed by atoms with Gasteiger partial charge in [0.2, 0.25) is 0 Å². The fraction of sp³-hybridized carbons (Fsp3) is 0.273. The van der Waals surface area contributed by atoms with Crippen molar-refractivity contribution < 1.29 is 23.5 Å². The number of imide groups is 1. The Morgan fingerprint density at radius 1 is 1.14 bits per heavy atom. The molecule has 0 N–H and O–H groups in total. The molecule has 0 spiro atoms. The highest BCUT2D eigenvalue weighted by Gasteiger charge is 2.34. The van der Waals surface area contributed by atoms with Crippen LogP contribution >= 0.6 is 11.8 Å². The normalized spacial score (nSPS) is 15.3. The molecule has 1 heterocycles. The van der Waals surface area contributed by atoms with E-state index in [-0.39, 0.29) is 23.6 Å². The van der Waals surface area contributed by atoms with E-state index >= 15 is 0 Å². The molecular weight excluding hydrogens is 393 g/mol. The second kappa shape index (κ2) is 9.60. The summed E-state index contributed by atoms with van der Waals surface area (Å²) in [4.78, 5) is 26.2. The summed E-state index contributed by atoms with van der Waals surface area (Å²) in [5.74, 6) is 0.318. The zero-order valence-electron chi connectivity index (χ0n) is 16.3. The van der Waals surface area contributed by atoms with Crippen molar-refractivity contribution in [3.8, 4) is 11.5 Å². The summed E-state index contributed by atoms with van der Waals surface area (Å²) in [6.45, 7) is 2.51. The van der Waals surface area contributed by atoms with E-state index in [2.05, 4.69) is 0 Å². The van der Waals surface area contributed by atoms with E-state index in [0.29, 0.717) is 34.1 Å². The summed E-state index contributed by atoms with van der Waals surface area (Å²) in [7, 11) is 1.51. The minimum atomic E-state index is -0.332. The van der Waals surface area contributed by atoms with Crippen LogP contribution in [-0.2, 0) is 11.4 Å². The SMILES string of the molecule is CCCCN1C(=O)S/C(=C\c2ccc(OCc3ccccc3F)c(OC)c2)C1=O. The van der Waals surface area contributed by atoms with Crippen LogP contribution in [0.2, 0.25) is 0 Å². The molecule has 0 aliphatic carbocycles. The molecular formula is C22H22FNO4S. The van der Waals surface area contributed by atoms with Gasteiger partial charge in [-0.25, -0.2) is 4.39 Å². The molecule has 0 unspecified atom stereocenters. The van der Waals surface area contributed by atoms with Gasteiger partial charge in [0.15, 0.2) is 11.5 Å². The number of hydrogen-bond acceptors (Lipinski definition) is 5. The monoisotopic (exact) mass is 415 g/mol. The van der Waals surface area contributed by atoms with Gasteiger partial charge in [-0.3, -0.25) is 14.5 Å². The summed E-state index contributed by atoms with van der Waals surface area (Å²) in [6, 6.07) is 11.6. The smallest absolute Gasteiger partial charge is 0.293 e. The van der Waals surface area contributed by atoms with Gasteiger partial charge < -0.3 is 9.47 Å². The number of thioether (sulfide) groups is 1. The zero-order valence-corrected chi connectivity index (χ0v) is 17.1. The first-order valence-electron chi connectivity index (χ1n) is 9.33. The molecule has 152 valence electrons. The summed E-state index contributed by atoms with van der Waals surface area (Å²) < 4.78 is 24.8. The van der Waals surface area contributed by atoms with Crippen molar-refractivity contribution in [2.75, 3.05) is 13.7 Å². The molecule has 7 heteroatoms. The fourth-order valence-electron chi connectivity index (χ4n) is 2.82. The molecule has 1 aliphatic heterocycles. The van der Waals surface area contributed by atoms with Gasteiger partial charge in [-0.1, -0.05) is 37.6 Å². The Morgan fingerprint density at radius 3 is 2.66 bits per heavy atom. The lowest BCUT2D eigenvalue weighted by molar-refractivity contribution is -0.122. The number of amides is 2. The number of unbranched alkanes of at least 4 members (excludes halogenated alkanes) is 1. The minimum absolute atomic E-state index is 0.0682. The van der Waals surface area contributed by atoms with Crippen LogP contribution < -0.4 is 9.47 Å². The Balaban J connectivity index is 1.75. The molecule has 0 atom stereocenters. The molecule has 2 aromatic carbocycles. The maximum absolute atomic E-state index is 13.8. The standard InChI is InChI=1S/C22H22FNO4S/c1-3-4-11-24-21(25)20(29-22(24)26)13-15-9-10-18(19(12-15)27-2)28-14-16-7-5-6-8-17(16)23/h5-10,12-13H,3-4,11,14H2,1-2H3/b20-13-. The highest BCUT2D eigenvalue weighted by molar-refractivity contribution is 8.18. The number of carbonyl (C=O) groups is 2. The Hall–Kier alpha value is -2.80. The van der Waals surface area contributed by atoms with E-state index in [9.17, 15) is 14.0 Å². The largest absolute Gasteiger partial charge is 0.493 e. The van der Waals surface area contributed by atoms with Crippen LogP contribution in [-0.4, -0.2) is 29.7 Å². The Morgan fingerprint density at radius 2 is 1.93 bits per heavy atom. The quantitative estimate of drug-likeness (QED) is 0.551. The van der Waals surface area contributed by atoms with E-state index in [4.69, 9.17) is 9.47 Å². The van der Waals surface area contributed by atoms with Gasteiger partial charge in [-0.2, -0.15) is 0 Å². The molecule has 0 bridgehead atoms. The van der Waals surface area contributed by atoms with Crippen LogP contribution in [0, 0.1) is 5.82 Å². The summed E-state index contributed by atoms with van der Waals surface area (Å²) in [5, 5.41) is -0.244. The van der Waals surface area contributed by atoms with Crippen molar-refractivity contribution in [3.05, 3.63) is 64.3 Å². The summed E-state index contributed by atoms with van der Waals surface area (Å²) in [5.41, 5.74) is 1.15. The second-order valence-electron chi connectivity index (χ2n) is 6.48. The lowest BCUT2D eigenvalue weighted by atomic mass is 10.1. The number of methoxy groups -OCH3 is 1. The number of hydrogen-bond donors (Lipinski definition) is 0. The Bertz CT molecular complexity index is 944. The first kappa shape index (κ1) is 20.9. The Kier molecular flexibility index (Phi) is 6.93. The second-order valence-corrected chi connectivity index (χ2v) is 7.47. The van der Waals surface area contributed by atoms with Crippen LogP contribution in [0.25, 0.3) is 6.08 Å². The lowest BCUT2D eigenvalue weighted by Crippen LogP contribution is -2.29. The average molecular weight is 415 g/mol. The van der Waals surface area contributed by atoms with E-state index in [1.54, 1.807) is 42.5 Å². The average Bonchev–Trinajstić information content (AvgIpc) is 2.99. The lowest BCUT2D eigenvalue weighted by Gasteiger charge is -2.12. The zero-order chi connectivity index (χ0) is 20.8. The van der Waals surface area contributed by atoms with Crippen molar-refractivity contribution in [3.63, 3.8) is 0 Å². The van der Waals surface area contributed by atoms with Crippen LogP contribution in [0.5, 0.6) is 11.5 Å². The number of benzene rings is 2. The molecule has 5 nitrogen and oxygen atoms in total. The number of carbonyl (C=O) groups excluding carboxylic acids is 2.